The van der Waals surface area contributed by atoms with Gasteiger partial charge in [0.05, 0.1) is 0 Å². The average Bonchev–Trinajstić information content (AvgIpc) is 3.05. The summed E-state index contributed by atoms with van der Waals surface area (Å²) in [7, 11) is 0. The maximum Gasteiger partial charge on any atom is 0.433 e. The molecule has 0 radical (unpaired) electrons. The van der Waals surface area contributed by atoms with Crippen LogP contribution in [0.15, 0.2) is 30.3 Å². The number of likely N-dealkylation sites (tertiary alicyclic amines) is 1. The van der Waals surface area contributed by atoms with Crippen molar-refractivity contribution in [2.45, 2.75) is 38.9 Å². The third-order valence-corrected chi connectivity index (χ3v) is 5.58. The van der Waals surface area contributed by atoms with Crippen LogP contribution < -0.4 is 5.32 Å². The average molecular weight is 452 g/mol. The van der Waals surface area contributed by atoms with Gasteiger partial charge in [0, 0.05) is 17.9 Å². The molecule has 1 amide bonds. The second-order valence-corrected chi connectivity index (χ2v) is 8.04. The van der Waals surface area contributed by atoms with Gasteiger partial charge in [0.1, 0.15) is 10.7 Å². The number of benzene rings is 1. The van der Waals surface area contributed by atoms with Gasteiger partial charge in [-0.25, -0.2) is 9.50 Å². The van der Waals surface area contributed by atoms with E-state index in [0.717, 1.165) is 31.3 Å². The molecule has 0 bridgehead atoms. The predicted molar refractivity (Wildman–Crippen MR) is 111 cm³/mol. The number of nitrogens with zero attached hydrogens (tertiary/aromatic N) is 4. The second kappa shape index (κ2) is 8.47. The van der Waals surface area contributed by atoms with Crippen molar-refractivity contribution in [3.05, 3.63) is 58.0 Å². The van der Waals surface area contributed by atoms with E-state index in [1.54, 1.807) is 12.1 Å². The fraction of sp³-hybridized carbons (Fsp3) is 0.381. The first kappa shape index (κ1) is 21.6. The third kappa shape index (κ3) is 4.67. The van der Waals surface area contributed by atoms with Gasteiger partial charge in [0.15, 0.2) is 11.3 Å². The molecule has 31 heavy (non-hydrogen) atoms. The fourth-order valence-corrected chi connectivity index (χ4v) is 3.97. The van der Waals surface area contributed by atoms with Crippen molar-refractivity contribution in [1.29, 1.82) is 0 Å². The number of aromatic nitrogens is 3. The SMILES string of the molecule is Cc1cc(C(F)(F)F)n2nc(C(=O)Nc3ccc(CN4CCCCC4)cc3)c(Cl)c2n1. The van der Waals surface area contributed by atoms with Crippen LogP contribution in [0.1, 0.15) is 46.7 Å². The van der Waals surface area contributed by atoms with E-state index in [4.69, 9.17) is 11.6 Å². The Bertz CT molecular complexity index is 1100. The van der Waals surface area contributed by atoms with E-state index in [-0.39, 0.29) is 22.1 Å². The van der Waals surface area contributed by atoms with Crippen molar-refractivity contribution in [2.75, 3.05) is 18.4 Å². The van der Waals surface area contributed by atoms with Crippen molar-refractivity contribution in [1.82, 2.24) is 19.5 Å². The lowest BCUT2D eigenvalue weighted by atomic mass is 10.1. The summed E-state index contributed by atoms with van der Waals surface area (Å²) in [6, 6.07) is 8.21. The summed E-state index contributed by atoms with van der Waals surface area (Å²) in [5, 5.41) is 6.21. The van der Waals surface area contributed by atoms with Crippen LogP contribution in [0.5, 0.6) is 0 Å². The van der Waals surface area contributed by atoms with E-state index in [1.165, 1.54) is 26.2 Å². The molecule has 3 aromatic rings. The third-order valence-electron chi connectivity index (χ3n) is 5.23. The number of amides is 1. The molecule has 0 unspecified atom stereocenters. The molecule has 0 atom stereocenters. The molecule has 0 saturated carbocycles. The van der Waals surface area contributed by atoms with Crippen LogP contribution in [0.4, 0.5) is 18.9 Å². The van der Waals surface area contributed by atoms with E-state index in [2.05, 4.69) is 20.3 Å². The Morgan fingerprint density at radius 2 is 1.84 bits per heavy atom. The summed E-state index contributed by atoms with van der Waals surface area (Å²) >= 11 is 6.17. The minimum atomic E-state index is -4.67. The Labute approximate surface area is 182 Å². The first-order chi connectivity index (χ1) is 14.7. The smallest absolute Gasteiger partial charge is 0.321 e. The number of nitrogens with one attached hydrogen (secondary N) is 1. The highest BCUT2D eigenvalue weighted by molar-refractivity contribution is 6.37. The van der Waals surface area contributed by atoms with E-state index in [0.29, 0.717) is 10.2 Å². The van der Waals surface area contributed by atoms with Crippen molar-refractivity contribution >= 4 is 28.8 Å². The molecule has 0 aliphatic carbocycles. The lowest BCUT2D eigenvalue weighted by molar-refractivity contribution is -0.142. The summed E-state index contributed by atoms with van der Waals surface area (Å²) in [6.07, 6.45) is -0.984. The summed E-state index contributed by atoms with van der Waals surface area (Å²) in [5.74, 6) is -0.704. The minimum Gasteiger partial charge on any atom is -0.321 e. The monoisotopic (exact) mass is 451 g/mol. The largest absolute Gasteiger partial charge is 0.433 e. The fourth-order valence-electron chi connectivity index (χ4n) is 3.72. The van der Waals surface area contributed by atoms with Gasteiger partial charge in [-0.05, 0) is 56.6 Å². The van der Waals surface area contributed by atoms with E-state index >= 15 is 0 Å². The predicted octanol–water partition coefficient (Wildman–Crippen LogP) is 4.95. The Balaban J connectivity index is 1.54. The molecule has 164 valence electrons. The Kier molecular flexibility index (Phi) is 5.90. The molecule has 1 aromatic carbocycles. The summed E-state index contributed by atoms with van der Waals surface area (Å²) in [5.41, 5.74) is 0.176. The molecule has 1 fully saturated rings. The maximum atomic E-state index is 13.4. The zero-order valence-corrected chi connectivity index (χ0v) is 17.6. The molecule has 1 aliphatic rings. The van der Waals surface area contributed by atoms with E-state index in [1.807, 2.05) is 12.1 Å². The van der Waals surface area contributed by atoms with E-state index in [9.17, 15) is 18.0 Å². The number of hydrogen-bond donors (Lipinski definition) is 1. The number of carbonyl (C=O) groups excluding carboxylic acids is 1. The first-order valence-corrected chi connectivity index (χ1v) is 10.4. The summed E-state index contributed by atoms with van der Waals surface area (Å²) in [6.45, 7) is 4.43. The second-order valence-electron chi connectivity index (χ2n) is 7.67. The van der Waals surface area contributed by atoms with Gasteiger partial charge in [-0.2, -0.15) is 18.3 Å². The van der Waals surface area contributed by atoms with Crippen LogP contribution in [-0.2, 0) is 12.7 Å². The van der Waals surface area contributed by atoms with Crippen molar-refractivity contribution in [3.8, 4) is 0 Å². The standard InChI is InChI=1S/C21H21ClF3N5O/c1-13-11-16(21(23,24)25)30-19(26-13)17(22)18(28-30)20(31)27-15-7-5-14(6-8-15)12-29-9-3-2-4-10-29/h5-8,11H,2-4,9-10,12H2,1H3,(H,27,31). The maximum absolute atomic E-state index is 13.4. The number of rotatable bonds is 4. The molecule has 6 nitrogen and oxygen atoms in total. The molecule has 1 saturated heterocycles. The molecular weight excluding hydrogens is 431 g/mol. The van der Waals surface area contributed by atoms with Gasteiger partial charge in [-0.3, -0.25) is 9.69 Å². The van der Waals surface area contributed by atoms with E-state index < -0.39 is 17.8 Å². The molecule has 4 rings (SSSR count). The number of piperidine rings is 1. The normalized spacial score (nSPS) is 15.4. The van der Waals surface area contributed by atoms with Gasteiger partial charge in [-0.15, -0.1) is 0 Å². The van der Waals surface area contributed by atoms with Gasteiger partial charge in [0.2, 0.25) is 0 Å². The first-order valence-electron chi connectivity index (χ1n) is 9.98. The van der Waals surface area contributed by atoms with Gasteiger partial charge >= 0.3 is 6.18 Å². The zero-order valence-electron chi connectivity index (χ0n) is 16.8. The van der Waals surface area contributed by atoms with Crippen LogP contribution in [-0.4, -0.2) is 38.5 Å². The molecule has 1 N–H and O–H groups in total. The zero-order chi connectivity index (χ0) is 22.2. The summed E-state index contributed by atoms with van der Waals surface area (Å²) in [4.78, 5) is 19.1. The highest BCUT2D eigenvalue weighted by atomic mass is 35.5. The lowest BCUT2D eigenvalue weighted by Gasteiger charge is -2.26. The van der Waals surface area contributed by atoms with Gasteiger partial charge in [-0.1, -0.05) is 30.2 Å². The Hall–Kier alpha value is -2.65. The number of hydrogen-bond acceptors (Lipinski definition) is 4. The molecule has 0 spiro atoms. The van der Waals surface area contributed by atoms with Gasteiger partial charge < -0.3 is 5.32 Å². The Morgan fingerprint density at radius 3 is 2.48 bits per heavy atom. The summed E-state index contributed by atoms with van der Waals surface area (Å²) < 4.78 is 40.6. The molecule has 3 heterocycles. The molecule has 2 aromatic heterocycles. The van der Waals surface area contributed by atoms with Crippen LogP contribution in [0.2, 0.25) is 5.02 Å². The van der Waals surface area contributed by atoms with Crippen molar-refractivity contribution in [2.24, 2.45) is 0 Å². The number of anilines is 1. The number of alkyl halides is 3. The van der Waals surface area contributed by atoms with Crippen molar-refractivity contribution in [3.63, 3.8) is 0 Å². The molecular formula is C21H21ClF3N5O. The highest BCUT2D eigenvalue weighted by Gasteiger charge is 2.36. The van der Waals surface area contributed by atoms with Crippen LogP contribution in [0.3, 0.4) is 0 Å². The number of carbonyl (C=O) groups is 1. The van der Waals surface area contributed by atoms with Crippen LogP contribution in [0.25, 0.3) is 5.65 Å². The molecule has 10 heteroatoms. The van der Waals surface area contributed by atoms with Crippen LogP contribution in [0, 0.1) is 6.92 Å². The lowest BCUT2D eigenvalue weighted by Crippen LogP contribution is -2.29. The highest BCUT2D eigenvalue weighted by Crippen LogP contribution is 2.32. The molecule has 1 aliphatic heterocycles. The number of aryl methyl sites for hydroxylation is 1. The number of halogens is 4. The topological polar surface area (TPSA) is 62.5 Å². The minimum absolute atomic E-state index is 0.123. The quantitative estimate of drug-likeness (QED) is 0.609. The number of fused-ring (bicyclic) bond motifs is 1. The van der Waals surface area contributed by atoms with Crippen LogP contribution >= 0.6 is 11.6 Å². The van der Waals surface area contributed by atoms with Crippen molar-refractivity contribution < 1.29 is 18.0 Å². The Morgan fingerprint density at radius 1 is 1.16 bits per heavy atom. The van der Waals surface area contributed by atoms with Gasteiger partial charge in [0.25, 0.3) is 5.91 Å².